The smallest absolute Gasteiger partial charge is 0.0939 e. The highest BCUT2D eigenvalue weighted by Gasteiger charge is 2.20. The highest BCUT2D eigenvalue weighted by atomic mass is 14.9. The Balaban J connectivity index is 1.55. The van der Waals surface area contributed by atoms with Crippen molar-refractivity contribution in [3.05, 3.63) is 121 Å². The Morgan fingerprint density at radius 2 is 0.944 bits per heavy atom. The fraction of sp³-hybridized carbons (Fsp3) is 0.0625. The topological polar surface area (TPSA) is 49.8 Å². The van der Waals surface area contributed by atoms with Crippen LogP contribution in [0.3, 0.4) is 0 Å². The molecule has 0 saturated heterocycles. The van der Waals surface area contributed by atoms with Crippen molar-refractivity contribution < 1.29 is 0 Å². The first-order valence-corrected chi connectivity index (χ1v) is 12.3. The molecule has 4 nitrogen and oxygen atoms in total. The van der Waals surface area contributed by atoms with Gasteiger partial charge in [0.05, 0.1) is 11.4 Å². The summed E-state index contributed by atoms with van der Waals surface area (Å²) in [4.78, 5) is 9.50. The molecule has 36 heavy (non-hydrogen) atoms. The zero-order chi connectivity index (χ0) is 23.9. The normalized spacial score (nSPS) is 12.7. The number of benzene rings is 4. The average Bonchev–Trinajstić information content (AvgIpc) is 2.94. The standard InChI is InChI=1S/C32H24N4/c1-3-11-25-21(7-1)13-15-27-29(25)30-26-12-4-2-8-22(26)14-16-28(30)36-20-24-10-6-18-34-32(24)31-23(19-35-27)9-5-17-33-31/h1-18,35-36H,19-20H2. The summed E-state index contributed by atoms with van der Waals surface area (Å²) < 4.78 is 0. The van der Waals surface area contributed by atoms with E-state index in [1.807, 2.05) is 24.5 Å². The van der Waals surface area contributed by atoms with Crippen LogP contribution in [-0.2, 0) is 13.1 Å². The molecule has 0 aliphatic carbocycles. The zero-order valence-corrected chi connectivity index (χ0v) is 19.7. The summed E-state index contributed by atoms with van der Waals surface area (Å²) in [5, 5.41) is 12.4. The second-order valence-electron chi connectivity index (χ2n) is 9.15. The van der Waals surface area contributed by atoms with E-state index in [1.54, 1.807) is 0 Å². The molecule has 0 amide bonds. The third-order valence-corrected chi connectivity index (χ3v) is 7.05. The van der Waals surface area contributed by atoms with Crippen LogP contribution in [-0.4, -0.2) is 9.97 Å². The number of nitrogens with zero attached hydrogens (tertiary/aromatic N) is 2. The highest BCUT2D eigenvalue weighted by Crippen LogP contribution is 2.44. The Morgan fingerprint density at radius 1 is 0.472 bits per heavy atom. The van der Waals surface area contributed by atoms with E-state index in [0.29, 0.717) is 13.1 Å². The van der Waals surface area contributed by atoms with E-state index in [-0.39, 0.29) is 0 Å². The van der Waals surface area contributed by atoms with Gasteiger partial charge >= 0.3 is 0 Å². The number of pyridine rings is 2. The number of hydrogen-bond acceptors (Lipinski definition) is 4. The van der Waals surface area contributed by atoms with Crippen LogP contribution in [0, 0.1) is 0 Å². The maximum absolute atomic E-state index is 4.75. The monoisotopic (exact) mass is 464 g/mol. The SMILES string of the molecule is c1cnc2c(c1)CNc1ccc3ccccc3c1-c1c(ccc3ccccc13)NCc1cccnc1-2. The van der Waals surface area contributed by atoms with E-state index in [9.17, 15) is 0 Å². The minimum atomic E-state index is 0.651. The van der Waals surface area contributed by atoms with Crippen molar-refractivity contribution >= 4 is 32.9 Å². The van der Waals surface area contributed by atoms with Crippen LogP contribution >= 0.6 is 0 Å². The van der Waals surface area contributed by atoms with Gasteiger partial charge in [0.2, 0.25) is 0 Å². The van der Waals surface area contributed by atoms with Crippen LogP contribution in [0.2, 0.25) is 0 Å². The van der Waals surface area contributed by atoms with Crippen LogP contribution < -0.4 is 10.6 Å². The van der Waals surface area contributed by atoms with Crippen molar-refractivity contribution in [1.29, 1.82) is 0 Å². The van der Waals surface area contributed by atoms with Crippen molar-refractivity contribution in [2.45, 2.75) is 13.1 Å². The highest BCUT2D eigenvalue weighted by molar-refractivity contribution is 6.13. The van der Waals surface area contributed by atoms with E-state index in [0.717, 1.165) is 33.9 Å². The lowest BCUT2D eigenvalue weighted by Crippen LogP contribution is -2.09. The van der Waals surface area contributed by atoms with Gasteiger partial charge in [-0.2, -0.15) is 0 Å². The lowest BCUT2D eigenvalue weighted by molar-refractivity contribution is 1.07. The summed E-state index contributed by atoms with van der Waals surface area (Å²) >= 11 is 0. The summed E-state index contributed by atoms with van der Waals surface area (Å²) in [5.74, 6) is 0. The number of nitrogens with one attached hydrogen (secondary N) is 2. The van der Waals surface area contributed by atoms with E-state index in [2.05, 4.69) is 95.6 Å². The molecule has 0 bridgehead atoms. The number of hydrogen-bond donors (Lipinski definition) is 2. The quantitative estimate of drug-likeness (QED) is 0.242. The predicted molar refractivity (Wildman–Crippen MR) is 149 cm³/mol. The van der Waals surface area contributed by atoms with Crippen LogP contribution in [0.15, 0.2) is 109 Å². The molecule has 1 aliphatic heterocycles. The molecular formula is C32H24N4. The molecule has 0 fully saturated rings. The second kappa shape index (κ2) is 8.51. The van der Waals surface area contributed by atoms with Gasteiger partial charge in [0.1, 0.15) is 0 Å². The minimum Gasteiger partial charge on any atom is -0.380 e. The Kier molecular flexibility index (Phi) is 4.88. The van der Waals surface area contributed by atoms with Gasteiger partial charge in [0.25, 0.3) is 0 Å². The molecule has 0 saturated carbocycles. The Morgan fingerprint density at radius 3 is 1.44 bits per heavy atom. The first-order chi connectivity index (χ1) is 17.9. The van der Waals surface area contributed by atoms with Crippen LogP contribution in [0.1, 0.15) is 11.1 Å². The average molecular weight is 465 g/mol. The van der Waals surface area contributed by atoms with Crippen molar-refractivity contribution in [3.8, 4) is 22.5 Å². The largest absolute Gasteiger partial charge is 0.380 e. The third-order valence-electron chi connectivity index (χ3n) is 7.05. The molecule has 1 aliphatic rings. The summed E-state index contributed by atoms with van der Waals surface area (Å²) in [6.07, 6.45) is 3.69. The number of fused-ring (bicyclic) bond motifs is 10. The fourth-order valence-corrected chi connectivity index (χ4v) is 5.35. The van der Waals surface area contributed by atoms with Crippen LogP contribution in [0.5, 0.6) is 0 Å². The third kappa shape index (κ3) is 3.38. The van der Waals surface area contributed by atoms with Crippen molar-refractivity contribution in [2.75, 3.05) is 10.6 Å². The van der Waals surface area contributed by atoms with Gasteiger partial charge < -0.3 is 10.6 Å². The molecule has 172 valence electrons. The van der Waals surface area contributed by atoms with Gasteiger partial charge in [-0.05, 0) is 56.9 Å². The van der Waals surface area contributed by atoms with Crippen molar-refractivity contribution in [2.24, 2.45) is 0 Å². The number of rotatable bonds is 0. The zero-order valence-electron chi connectivity index (χ0n) is 19.7. The number of aromatic nitrogens is 2. The molecule has 0 atom stereocenters. The summed E-state index contributed by atoms with van der Waals surface area (Å²) in [6, 6.07) is 34.4. The first kappa shape index (κ1) is 20.7. The molecule has 2 N–H and O–H groups in total. The van der Waals surface area contributed by atoms with Crippen LogP contribution in [0.25, 0.3) is 44.1 Å². The van der Waals surface area contributed by atoms with Gasteiger partial charge in [0, 0.05) is 48.0 Å². The molecule has 7 rings (SSSR count). The second-order valence-corrected chi connectivity index (χ2v) is 9.15. The van der Waals surface area contributed by atoms with Gasteiger partial charge in [0.15, 0.2) is 0 Å². The van der Waals surface area contributed by atoms with Gasteiger partial charge in [-0.25, -0.2) is 0 Å². The molecule has 0 unspecified atom stereocenters. The fourth-order valence-electron chi connectivity index (χ4n) is 5.35. The lowest BCUT2D eigenvalue weighted by Gasteiger charge is -2.22. The van der Waals surface area contributed by atoms with Gasteiger partial charge in [-0.3, -0.25) is 9.97 Å². The van der Waals surface area contributed by atoms with E-state index >= 15 is 0 Å². The minimum absolute atomic E-state index is 0.651. The molecule has 3 heterocycles. The molecular weight excluding hydrogens is 440 g/mol. The summed E-state index contributed by atoms with van der Waals surface area (Å²) in [6.45, 7) is 1.30. The maximum atomic E-state index is 4.75. The van der Waals surface area contributed by atoms with E-state index in [4.69, 9.17) is 9.97 Å². The molecule has 2 aromatic heterocycles. The predicted octanol–water partition coefficient (Wildman–Crippen LogP) is 7.65. The number of anilines is 2. The first-order valence-electron chi connectivity index (χ1n) is 12.3. The van der Waals surface area contributed by atoms with E-state index in [1.165, 1.54) is 32.7 Å². The molecule has 4 aromatic carbocycles. The Hall–Kier alpha value is -4.70. The maximum Gasteiger partial charge on any atom is 0.0939 e. The van der Waals surface area contributed by atoms with Crippen LogP contribution in [0.4, 0.5) is 11.4 Å². The van der Waals surface area contributed by atoms with Gasteiger partial charge in [-0.1, -0.05) is 72.8 Å². The molecule has 4 heteroatoms. The molecule has 0 spiro atoms. The van der Waals surface area contributed by atoms with Gasteiger partial charge in [-0.15, -0.1) is 0 Å². The van der Waals surface area contributed by atoms with E-state index < -0.39 is 0 Å². The molecule has 0 radical (unpaired) electrons. The summed E-state index contributed by atoms with van der Waals surface area (Å²) in [7, 11) is 0. The Bertz CT molecular complexity index is 1620. The lowest BCUT2D eigenvalue weighted by atomic mass is 9.90. The Labute approximate surface area is 209 Å². The summed E-state index contributed by atoms with van der Waals surface area (Å²) in [5.41, 5.74) is 8.71. The van der Waals surface area contributed by atoms with Crippen molar-refractivity contribution in [3.63, 3.8) is 0 Å². The van der Waals surface area contributed by atoms with Crippen molar-refractivity contribution in [1.82, 2.24) is 9.97 Å². The molecule has 6 aromatic rings.